The Hall–Kier alpha value is -5.86. The highest BCUT2D eigenvalue weighted by atomic mass is 16.6. The maximum absolute atomic E-state index is 13.4. The quantitative estimate of drug-likeness (QED) is 0.0269. The lowest BCUT2D eigenvalue weighted by Crippen LogP contribution is -2.38. The number of aliphatic hydroxyl groups is 5. The van der Waals surface area contributed by atoms with Gasteiger partial charge in [0.25, 0.3) is 5.91 Å². The van der Waals surface area contributed by atoms with Crippen molar-refractivity contribution in [2.75, 3.05) is 71.0 Å². The van der Waals surface area contributed by atoms with Crippen LogP contribution in [-0.2, 0) is 22.5 Å². The first-order valence-electron chi connectivity index (χ1n) is 26.4. The highest BCUT2D eigenvalue weighted by molar-refractivity contribution is 5.94. The molecule has 1 unspecified atom stereocenters. The van der Waals surface area contributed by atoms with Crippen molar-refractivity contribution < 1.29 is 44.9 Å². The van der Waals surface area contributed by atoms with Crippen LogP contribution in [0, 0.1) is 0 Å². The van der Waals surface area contributed by atoms with E-state index in [9.17, 15) is 35.4 Å². The average molecular weight is 1020 g/mol. The molecule has 0 saturated carbocycles. The molecule has 9 N–H and O–H groups in total. The van der Waals surface area contributed by atoms with Crippen LogP contribution < -0.4 is 16.0 Å². The predicted molar refractivity (Wildman–Crippen MR) is 285 cm³/mol. The van der Waals surface area contributed by atoms with Crippen LogP contribution in [0.25, 0.3) is 11.2 Å². The fraction of sp³-hybridized carbons (Fsp3) is 0.474. The monoisotopic (exact) mass is 1020 g/mol. The number of hydrogen-bond donors (Lipinski definition) is 9. The summed E-state index contributed by atoms with van der Waals surface area (Å²) in [4.78, 5) is 29.4. The number of phenols is 1. The lowest BCUT2D eigenvalue weighted by Gasteiger charge is -2.26. The zero-order valence-corrected chi connectivity index (χ0v) is 42.4. The number of aliphatic hydroxyl groups excluding tert-OH is 5. The van der Waals surface area contributed by atoms with Gasteiger partial charge in [0.2, 0.25) is 5.82 Å². The van der Waals surface area contributed by atoms with E-state index in [4.69, 9.17) is 9.47 Å². The molecule has 4 aromatic carbocycles. The molecule has 398 valence electrons. The number of rotatable bonds is 27. The molecule has 0 radical (unpaired) electrons. The van der Waals surface area contributed by atoms with Gasteiger partial charge < -0.3 is 61.0 Å². The van der Waals surface area contributed by atoms with E-state index in [1.807, 2.05) is 36.4 Å². The molecule has 4 heterocycles. The number of carbonyl (C=O) groups is 1. The van der Waals surface area contributed by atoms with Crippen molar-refractivity contribution in [1.82, 2.24) is 35.1 Å². The zero-order valence-electron chi connectivity index (χ0n) is 42.4. The lowest BCUT2D eigenvalue weighted by molar-refractivity contribution is -0.0511. The summed E-state index contributed by atoms with van der Waals surface area (Å²) in [6.07, 6.45) is 7.59. The second-order valence-corrected chi connectivity index (χ2v) is 19.1. The number of likely N-dealkylation sites (tertiary alicyclic amines) is 1. The van der Waals surface area contributed by atoms with E-state index in [1.165, 1.54) is 48.2 Å². The van der Waals surface area contributed by atoms with Crippen molar-refractivity contribution in [1.29, 1.82) is 0 Å². The third-order valence-electron chi connectivity index (χ3n) is 13.7. The number of hydrogen-bond acceptors (Lipinski definition) is 15. The van der Waals surface area contributed by atoms with E-state index in [1.54, 1.807) is 12.1 Å². The average Bonchev–Trinajstić information content (AvgIpc) is 4.00. The van der Waals surface area contributed by atoms with Gasteiger partial charge in [-0.05, 0) is 99.0 Å². The Morgan fingerprint density at radius 1 is 0.757 bits per heavy atom. The number of nitrogens with zero attached hydrogens (tertiary/aromatic N) is 5. The second-order valence-electron chi connectivity index (χ2n) is 19.1. The van der Waals surface area contributed by atoms with Crippen LogP contribution in [0.5, 0.6) is 5.75 Å². The van der Waals surface area contributed by atoms with Crippen molar-refractivity contribution in [3.63, 3.8) is 0 Å². The van der Waals surface area contributed by atoms with Gasteiger partial charge in [-0.25, -0.2) is 15.0 Å². The number of aromatic nitrogens is 4. The molecule has 17 heteroatoms. The Morgan fingerprint density at radius 2 is 1.43 bits per heavy atom. The van der Waals surface area contributed by atoms with E-state index < -0.39 is 43.2 Å². The second kappa shape index (κ2) is 29.9. The van der Waals surface area contributed by atoms with E-state index >= 15 is 0 Å². The van der Waals surface area contributed by atoms with Crippen LogP contribution in [0.3, 0.4) is 0 Å². The third kappa shape index (κ3) is 16.3. The third-order valence-corrected chi connectivity index (χ3v) is 13.7. The van der Waals surface area contributed by atoms with Crippen LogP contribution in [0.2, 0.25) is 0 Å². The number of nitrogens with one attached hydrogen (secondary N) is 3. The topological polar surface area (TPSA) is 240 Å². The number of ether oxygens (including phenoxy) is 2. The number of aromatic hydroxyl groups is 1. The van der Waals surface area contributed by atoms with Gasteiger partial charge in [0.15, 0.2) is 23.2 Å². The first-order chi connectivity index (χ1) is 36.2. The molecule has 74 heavy (non-hydrogen) atoms. The summed E-state index contributed by atoms with van der Waals surface area (Å²) in [7, 11) is 0. The Kier molecular flexibility index (Phi) is 22.6. The molecule has 0 spiro atoms. The molecule has 2 saturated heterocycles. The van der Waals surface area contributed by atoms with Crippen LogP contribution in [0.15, 0.2) is 116 Å². The molecule has 0 bridgehead atoms. The van der Waals surface area contributed by atoms with Crippen molar-refractivity contribution in [3.8, 4) is 5.75 Å². The van der Waals surface area contributed by atoms with Gasteiger partial charge in [-0.2, -0.15) is 0 Å². The fourth-order valence-corrected chi connectivity index (χ4v) is 9.41. The SMILES string of the molecule is O=C(NCCN1CCCCC1)c1nc(NCC(c2ccccc2)c2ccccc2)c2ncn([C@@H]3O[C@H](CO)[C@@H](O)[C@H]3O)c2n1.OCc1cc(C(O)CNCCCCCCOCCCCc2ccccc2)ccc1O. The fourth-order valence-electron chi connectivity index (χ4n) is 9.41. The molecule has 0 aliphatic carbocycles. The molecular weight excluding hydrogens is 941 g/mol. The molecule has 6 aromatic rings. The zero-order chi connectivity index (χ0) is 51.9. The summed E-state index contributed by atoms with van der Waals surface area (Å²) in [5.74, 6) is -0.0884. The molecule has 2 aromatic heterocycles. The number of imidazole rings is 1. The number of aryl methyl sites for hydroxylation is 1. The maximum atomic E-state index is 13.4. The van der Waals surface area contributed by atoms with Gasteiger partial charge >= 0.3 is 0 Å². The van der Waals surface area contributed by atoms with E-state index in [-0.39, 0.29) is 29.7 Å². The van der Waals surface area contributed by atoms with Gasteiger partial charge in [-0.15, -0.1) is 0 Å². The van der Waals surface area contributed by atoms with E-state index in [2.05, 4.69) is 90.4 Å². The van der Waals surface area contributed by atoms with Crippen molar-refractivity contribution in [2.45, 2.75) is 107 Å². The Bertz CT molecular complexity index is 2510. The Labute approximate surface area is 434 Å². The molecule has 2 aliphatic heterocycles. The van der Waals surface area contributed by atoms with Gasteiger partial charge in [0.05, 0.1) is 25.6 Å². The largest absolute Gasteiger partial charge is 0.508 e. The highest BCUT2D eigenvalue weighted by Crippen LogP contribution is 2.33. The normalized spacial score (nSPS) is 18.3. The predicted octanol–water partition coefficient (Wildman–Crippen LogP) is 6.00. The Morgan fingerprint density at radius 3 is 2.11 bits per heavy atom. The molecule has 1 amide bonds. The van der Waals surface area contributed by atoms with Crippen LogP contribution in [0.1, 0.15) is 114 Å². The summed E-state index contributed by atoms with van der Waals surface area (Å²) in [6, 6.07) is 35.7. The summed E-state index contributed by atoms with van der Waals surface area (Å²) >= 11 is 0. The number of carbonyl (C=O) groups excluding carboxylic acids is 1. The number of anilines is 1. The molecular formula is C57H76N8O9. The van der Waals surface area contributed by atoms with Crippen molar-refractivity contribution in [2.24, 2.45) is 0 Å². The smallest absolute Gasteiger partial charge is 0.289 e. The lowest BCUT2D eigenvalue weighted by atomic mass is 9.91. The van der Waals surface area contributed by atoms with Gasteiger partial charge in [0, 0.05) is 50.9 Å². The minimum atomic E-state index is -1.33. The van der Waals surface area contributed by atoms with Crippen molar-refractivity contribution in [3.05, 3.63) is 149 Å². The van der Waals surface area contributed by atoms with Crippen LogP contribution in [-0.4, -0.2) is 145 Å². The first kappa shape index (κ1) is 55.9. The Balaban J connectivity index is 0.000000234. The summed E-state index contributed by atoms with van der Waals surface area (Å²) < 4.78 is 13.0. The van der Waals surface area contributed by atoms with Gasteiger partial charge in [0.1, 0.15) is 24.1 Å². The maximum Gasteiger partial charge on any atom is 0.289 e. The minimum absolute atomic E-state index is 0.0215. The minimum Gasteiger partial charge on any atom is -0.508 e. The van der Waals surface area contributed by atoms with E-state index in [0.29, 0.717) is 42.1 Å². The number of unbranched alkanes of at least 4 members (excludes halogenated alkanes) is 4. The summed E-state index contributed by atoms with van der Waals surface area (Å²) in [5, 5.41) is 69.4. The number of benzene rings is 4. The number of amides is 1. The van der Waals surface area contributed by atoms with Crippen molar-refractivity contribution >= 4 is 22.9 Å². The summed E-state index contributed by atoms with van der Waals surface area (Å²) in [6.45, 7) is 6.02. The summed E-state index contributed by atoms with van der Waals surface area (Å²) in [5.41, 5.74) is 5.40. The van der Waals surface area contributed by atoms with Gasteiger partial charge in [-0.3, -0.25) is 9.36 Å². The van der Waals surface area contributed by atoms with E-state index in [0.717, 1.165) is 89.0 Å². The highest BCUT2D eigenvalue weighted by Gasteiger charge is 2.44. The number of piperidine rings is 1. The van der Waals surface area contributed by atoms with Crippen LogP contribution in [0.4, 0.5) is 5.82 Å². The number of fused-ring (bicyclic) bond motifs is 1. The molecule has 5 atom stereocenters. The molecule has 17 nitrogen and oxygen atoms in total. The first-order valence-corrected chi connectivity index (χ1v) is 26.4. The standard InChI is InChI=1S/C32H39N7O5.C25H37NO4/c40-19-24-26(41)27(42)32(44-24)39-20-35-25-28(34-18-23(21-10-4-1-5-11-21)22-12-6-2-7-13-22)36-29(37-30(25)39)31(43)33-14-17-38-15-8-3-9-16-38;27-20-23-18-22(13-14-24(23)28)25(29)19-26-15-7-1-2-8-16-30-17-9-6-12-21-10-4-3-5-11-21/h1-2,4-7,10-13,20,23-24,26-27,32,40-42H,3,8-9,14-19H2,(H,33,43)(H,34,36,37);3-5,10-11,13-14,18,25-29H,1-2,6-9,12,15-17,19-20H2/t24-,26-,27-,32-;/m1./s1. The van der Waals surface area contributed by atoms with Crippen LogP contribution >= 0.6 is 0 Å². The molecule has 2 aliphatic rings. The molecule has 8 rings (SSSR count). The molecule has 2 fully saturated rings. The van der Waals surface area contributed by atoms with Gasteiger partial charge in [-0.1, -0.05) is 116 Å².